The van der Waals surface area contributed by atoms with Crippen LogP contribution in [0.4, 0.5) is 0 Å². The second kappa shape index (κ2) is 8.23. The molecule has 16 heavy (non-hydrogen) atoms. The number of halogens is 1. The van der Waals surface area contributed by atoms with E-state index in [9.17, 15) is 0 Å². The molecule has 0 atom stereocenters. The Labute approximate surface area is 111 Å². The highest BCUT2D eigenvalue weighted by Gasteiger charge is 1.99. The van der Waals surface area contributed by atoms with Gasteiger partial charge in [0.2, 0.25) is 0 Å². The molecule has 0 saturated heterocycles. The highest BCUT2D eigenvalue weighted by Crippen LogP contribution is 2.21. The van der Waals surface area contributed by atoms with E-state index >= 15 is 0 Å². The second-order valence-corrected chi connectivity index (χ2v) is 6.31. The van der Waals surface area contributed by atoms with E-state index in [4.69, 9.17) is 0 Å². The molecular formula is C12H21BrN2S. The van der Waals surface area contributed by atoms with Gasteiger partial charge in [0, 0.05) is 11.4 Å². The van der Waals surface area contributed by atoms with Crippen LogP contribution in [-0.4, -0.2) is 31.1 Å². The van der Waals surface area contributed by atoms with Crippen LogP contribution in [0.1, 0.15) is 25.1 Å². The average Bonchev–Trinajstić information content (AvgIpc) is 2.70. The molecule has 1 rings (SSSR count). The van der Waals surface area contributed by atoms with E-state index in [1.807, 2.05) is 0 Å². The quantitative estimate of drug-likeness (QED) is 0.741. The Morgan fingerprint density at radius 2 is 2.06 bits per heavy atom. The molecule has 4 heteroatoms. The van der Waals surface area contributed by atoms with E-state index in [0.717, 1.165) is 26.2 Å². The van der Waals surface area contributed by atoms with Gasteiger partial charge in [-0.3, -0.25) is 0 Å². The predicted octanol–water partition coefficient (Wildman–Crippen LogP) is 3.33. The number of thiophene rings is 1. The van der Waals surface area contributed by atoms with Gasteiger partial charge in [-0.1, -0.05) is 13.8 Å². The molecule has 1 N–H and O–H groups in total. The fraction of sp³-hybridized carbons (Fsp3) is 0.667. The van der Waals surface area contributed by atoms with E-state index in [1.165, 1.54) is 21.6 Å². The van der Waals surface area contributed by atoms with E-state index in [-0.39, 0.29) is 0 Å². The first-order valence-corrected chi connectivity index (χ1v) is 7.54. The van der Waals surface area contributed by atoms with Crippen LogP contribution < -0.4 is 5.32 Å². The summed E-state index contributed by atoms with van der Waals surface area (Å²) < 4.78 is 1.22. The molecule has 0 fully saturated rings. The van der Waals surface area contributed by atoms with E-state index in [0.29, 0.717) is 0 Å². The lowest BCUT2D eigenvalue weighted by Gasteiger charge is -2.17. The topological polar surface area (TPSA) is 15.3 Å². The van der Waals surface area contributed by atoms with Crippen LogP contribution in [0.25, 0.3) is 0 Å². The lowest BCUT2D eigenvalue weighted by molar-refractivity contribution is 0.298. The Morgan fingerprint density at radius 1 is 1.31 bits per heavy atom. The smallest absolute Gasteiger partial charge is 0.0701 e. The highest BCUT2D eigenvalue weighted by molar-refractivity contribution is 9.11. The molecule has 0 bridgehead atoms. The lowest BCUT2D eigenvalue weighted by atomic mass is 10.3. The molecule has 0 amide bonds. The minimum absolute atomic E-state index is 0.995. The Balaban J connectivity index is 2.04. The molecule has 2 nitrogen and oxygen atoms in total. The van der Waals surface area contributed by atoms with Crippen molar-refractivity contribution in [2.45, 2.75) is 26.8 Å². The Kier molecular flexibility index (Phi) is 7.28. The summed E-state index contributed by atoms with van der Waals surface area (Å²) in [7, 11) is 0. The van der Waals surface area contributed by atoms with Crippen molar-refractivity contribution in [2.24, 2.45) is 0 Å². The summed E-state index contributed by atoms with van der Waals surface area (Å²) in [5, 5.41) is 3.48. The minimum Gasteiger partial charge on any atom is -0.312 e. The fourth-order valence-electron chi connectivity index (χ4n) is 1.63. The van der Waals surface area contributed by atoms with Gasteiger partial charge in [0.15, 0.2) is 0 Å². The Hall–Kier alpha value is 0.1000. The third-order valence-electron chi connectivity index (χ3n) is 2.65. The predicted molar refractivity (Wildman–Crippen MR) is 76.1 cm³/mol. The van der Waals surface area contributed by atoms with Gasteiger partial charge in [-0.15, -0.1) is 11.3 Å². The summed E-state index contributed by atoms with van der Waals surface area (Å²) in [5.41, 5.74) is 0. The maximum absolute atomic E-state index is 3.48. The molecule has 0 spiro atoms. The minimum atomic E-state index is 0.995. The van der Waals surface area contributed by atoms with Crippen molar-refractivity contribution in [3.05, 3.63) is 20.8 Å². The van der Waals surface area contributed by atoms with Crippen LogP contribution in [0.3, 0.4) is 0 Å². The lowest BCUT2D eigenvalue weighted by Crippen LogP contribution is -2.27. The maximum atomic E-state index is 3.48. The molecule has 0 aliphatic heterocycles. The van der Waals surface area contributed by atoms with Gasteiger partial charge in [0.05, 0.1) is 3.79 Å². The largest absolute Gasteiger partial charge is 0.312 e. The van der Waals surface area contributed by atoms with Gasteiger partial charge in [-0.25, -0.2) is 0 Å². The Bertz CT molecular complexity index is 284. The van der Waals surface area contributed by atoms with Crippen molar-refractivity contribution < 1.29 is 0 Å². The van der Waals surface area contributed by atoms with Crippen LogP contribution in [-0.2, 0) is 6.54 Å². The first-order valence-electron chi connectivity index (χ1n) is 5.93. The van der Waals surface area contributed by atoms with Gasteiger partial charge in [-0.2, -0.15) is 0 Å². The average molecular weight is 305 g/mol. The molecule has 0 aliphatic carbocycles. The molecule has 92 valence electrons. The van der Waals surface area contributed by atoms with Crippen LogP contribution >= 0.6 is 27.3 Å². The highest BCUT2D eigenvalue weighted by atomic mass is 79.9. The van der Waals surface area contributed by atoms with Gasteiger partial charge in [0.1, 0.15) is 0 Å². The number of nitrogens with one attached hydrogen (secondary N) is 1. The van der Waals surface area contributed by atoms with Gasteiger partial charge >= 0.3 is 0 Å². The number of hydrogen-bond donors (Lipinski definition) is 1. The maximum Gasteiger partial charge on any atom is 0.0701 e. The number of hydrogen-bond acceptors (Lipinski definition) is 3. The molecular weight excluding hydrogens is 284 g/mol. The van der Waals surface area contributed by atoms with Crippen molar-refractivity contribution in [2.75, 3.05) is 26.2 Å². The van der Waals surface area contributed by atoms with Crippen LogP contribution in [0.5, 0.6) is 0 Å². The first-order chi connectivity index (χ1) is 7.76. The fourth-order valence-corrected chi connectivity index (χ4v) is 3.08. The van der Waals surface area contributed by atoms with E-state index < -0.39 is 0 Å². The van der Waals surface area contributed by atoms with Crippen molar-refractivity contribution in [3.63, 3.8) is 0 Å². The zero-order valence-corrected chi connectivity index (χ0v) is 12.5. The summed E-state index contributed by atoms with van der Waals surface area (Å²) in [6, 6.07) is 4.28. The van der Waals surface area contributed by atoms with Gasteiger partial charge in [-0.05, 0) is 60.7 Å². The summed E-state index contributed by atoms with van der Waals surface area (Å²) >= 11 is 5.28. The molecule has 0 aromatic carbocycles. The monoisotopic (exact) mass is 304 g/mol. The van der Waals surface area contributed by atoms with E-state index in [2.05, 4.69) is 52.1 Å². The zero-order chi connectivity index (χ0) is 11.8. The summed E-state index contributed by atoms with van der Waals surface area (Å²) in [5.74, 6) is 0. The van der Waals surface area contributed by atoms with Crippen LogP contribution in [0.15, 0.2) is 15.9 Å². The van der Waals surface area contributed by atoms with Crippen molar-refractivity contribution in [1.29, 1.82) is 0 Å². The summed E-state index contributed by atoms with van der Waals surface area (Å²) in [6.07, 6.45) is 1.23. The van der Waals surface area contributed by atoms with E-state index in [1.54, 1.807) is 11.3 Å². The molecule has 1 heterocycles. The summed E-state index contributed by atoms with van der Waals surface area (Å²) in [6.45, 7) is 10.1. The van der Waals surface area contributed by atoms with Crippen LogP contribution in [0, 0.1) is 0 Å². The SMILES string of the molecule is CCN(CC)CCCNCc1ccc(Br)s1. The molecule has 1 aromatic heterocycles. The standard InChI is InChI=1S/C12H21BrN2S/c1-3-15(4-2)9-5-8-14-10-11-6-7-12(13)16-11/h6-7,14H,3-5,8-10H2,1-2H3. The molecule has 0 unspecified atom stereocenters. The molecule has 1 aromatic rings. The number of nitrogens with zero attached hydrogens (tertiary/aromatic N) is 1. The zero-order valence-electron chi connectivity index (χ0n) is 10.1. The third kappa shape index (κ3) is 5.43. The second-order valence-electron chi connectivity index (χ2n) is 3.76. The van der Waals surface area contributed by atoms with Crippen molar-refractivity contribution in [1.82, 2.24) is 10.2 Å². The normalized spacial score (nSPS) is 11.2. The first kappa shape index (κ1) is 14.2. The Morgan fingerprint density at radius 3 is 2.62 bits per heavy atom. The molecule has 0 aliphatic rings. The van der Waals surface area contributed by atoms with Crippen molar-refractivity contribution >= 4 is 27.3 Å². The van der Waals surface area contributed by atoms with Gasteiger partial charge in [0.25, 0.3) is 0 Å². The van der Waals surface area contributed by atoms with Crippen LogP contribution in [0.2, 0.25) is 0 Å². The van der Waals surface area contributed by atoms with Crippen molar-refractivity contribution in [3.8, 4) is 0 Å². The third-order valence-corrected chi connectivity index (χ3v) is 4.27. The van der Waals surface area contributed by atoms with Gasteiger partial charge < -0.3 is 10.2 Å². The molecule has 0 radical (unpaired) electrons. The summed E-state index contributed by atoms with van der Waals surface area (Å²) in [4.78, 5) is 3.86. The number of rotatable bonds is 8. The molecule has 0 saturated carbocycles.